The molecule has 8 heteroatoms. The summed E-state index contributed by atoms with van der Waals surface area (Å²) in [7, 11) is 1.64. The minimum absolute atomic E-state index is 0.137. The molecule has 0 spiro atoms. The van der Waals surface area contributed by atoms with E-state index in [1.807, 2.05) is 48.7 Å². The highest BCUT2D eigenvalue weighted by Gasteiger charge is 2.42. The Morgan fingerprint density at radius 1 is 0.973 bits per heavy atom. The number of pyridine rings is 1. The Balaban J connectivity index is 1.60. The number of anilines is 1. The van der Waals surface area contributed by atoms with Crippen LogP contribution in [0.3, 0.4) is 0 Å². The Bertz CT molecular complexity index is 1390. The number of thiocarbonyl (C=S) groups is 1. The third kappa shape index (κ3) is 4.94. The van der Waals surface area contributed by atoms with E-state index < -0.39 is 0 Å². The second-order valence-electron chi connectivity index (χ2n) is 8.95. The van der Waals surface area contributed by atoms with Gasteiger partial charge < -0.3 is 24.3 Å². The number of nitrogens with one attached hydrogen (secondary N) is 1. The molecule has 0 unspecified atom stereocenters. The lowest BCUT2D eigenvalue weighted by atomic mass is 9.96. The van der Waals surface area contributed by atoms with Gasteiger partial charge in [-0.2, -0.15) is 0 Å². The molecule has 1 aliphatic rings. The van der Waals surface area contributed by atoms with Crippen molar-refractivity contribution in [2.75, 3.05) is 25.2 Å². The summed E-state index contributed by atoms with van der Waals surface area (Å²) in [6.45, 7) is 5.20. The Hall–Kier alpha value is -3.39. The topological polar surface area (TPSA) is 51.6 Å². The van der Waals surface area contributed by atoms with Crippen molar-refractivity contribution in [2.24, 2.45) is 0 Å². The zero-order valence-corrected chi connectivity index (χ0v) is 22.6. The Kier molecular flexibility index (Phi) is 7.46. The van der Waals surface area contributed by atoms with Gasteiger partial charge in [0.2, 0.25) is 0 Å². The molecule has 1 saturated heterocycles. The van der Waals surface area contributed by atoms with Crippen molar-refractivity contribution in [1.82, 2.24) is 14.9 Å². The van der Waals surface area contributed by atoms with Crippen LogP contribution in [-0.4, -0.2) is 35.0 Å². The lowest BCUT2D eigenvalue weighted by Gasteiger charge is -2.28. The molecule has 2 aromatic heterocycles. The van der Waals surface area contributed by atoms with Gasteiger partial charge in [-0.1, -0.05) is 35.9 Å². The van der Waals surface area contributed by atoms with Crippen molar-refractivity contribution in [3.8, 4) is 11.4 Å². The van der Waals surface area contributed by atoms with E-state index in [0.717, 1.165) is 28.5 Å². The monoisotopic (exact) mass is 532 g/mol. The fraction of sp³-hybridized carbons (Fsp3) is 0.241. The van der Waals surface area contributed by atoms with Crippen LogP contribution in [0.5, 0.6) is 5.75 Å². The van der Waals surface area contributed by atoms with E-state index in [2.05, 4.69) is 63.9 Å². The SMILES string of the molecule is COCCOc1ccc(N2C(=S)N[C@H](c3ccccn3)[C@@H]2c2cc(C)n(-c3ccccc3)c2C)cc1Cl. The molecule has 0 bridgehead atoms. The molecule has 1 aliphatic heterocycles. The van der Waals surface area contributed by atoms with Gasteiger partial charge in [-0.15, -0.1) is 0 Å². The van der Waals surface area contributed by atoms with Crippen molar-refractivity contribution in [2.45, 2.75) is 25.9 Å². The Morgan fingerprint density at radius 2 is 1.76 bits per heavy atom. The molecule has 1 N–H and O–H groups in total. The summed E-state index contributed by atoms with van der Waals surface area (Å²) >= 11 is 12.6. The molecule has 0 amide bonds. The number of rotatable bonds is 8. The van der Waals surface area contributed by atoms with Crippen molar-refractivity contribution in [3.63, 3.8) is 0 Å². The summed E-state index contributed by atoms with van der Waals surface area (Å²) in [4.78, 5) is 6.81. The third-order valence-electron chi connectivity index (χ3n) is 6.64. The molecule has 5 rings (SSSR count). The number of hydrogen-bond donors (Lipinski definition) is 1. The second kappa shape index (κ2) is 10.9. The fourth-order valence-electron chi connectivity index (χ4n) is 5.00. The van der Waals surface area contributed by atoms with Gasteiger partial charge in [-0.3, -0.25) is 4.98 Å². The molecule has 2 aromatic carbocycles. The highest BCUT2D eigenvalue weighted by molar-refractivity contribution is 7.80. The van der Waals surface area contributed by atoms with Crippen molar-refractivity contribution in [3.05, 3.63) is 107 Å². The van der Waals surface area contributed by atoms with E-state index in [4.69, 9.17) is 33.3 Å². The van der Waals surface area contributed by atoms with Gasteiger partial charge >= 0.3 is 0 Å². The van der Waals surface area contributed by atoms with E-state index >= 15 is 0 Å². The molecule has 4 aromatic rings. The number of nitrogens with zero attached hydrogens (tertiary/aromatic N) is 3. The van der Waals surface area contributed by atoms with Crippen LogP contribution in [0.15, 0.2) is 79.0 Å². The summed E-state index contributed by atoms with van der Waals surface area (Å²) in [6, 6.07) is 24.1. The molecule has 2 atom stereocenters. The summed E-state index contributed by atoms with van der Waals surface area (Å²) in [5.74, 6) is 0.612. The predicted octanol–water partition coefficient (Wildman–Crippen LogP) is 6.34. The van der Waals surface area contributed by atoms with Crippen LogP contribution in [0.25, 0.3) is 5.69 Å². The first-order valence-electron chi connectivity index (χ1n) is 12.2. The minimum Gasteiger partial charge on any atom is -0.490 e. The van der Waals surface area contributed by atoms with Crippen LogP contribution in [0.2, 0.25) is 5.02 Å². The van der Waals surface area contributed by atoms with Crippen molar-refractivity contribution in [1.29, 1.82) is 0 Å². The molecular weight excluding hydrogens is 504 g/mol. The van der Waals surface area contributed by atoms with E-state index in [1.165, 1.54) is 5.56 Å². The molecule has 190 valence electrons. The average molecular weight is 533 g/mol. The lowest BCUT2D eigenvalue weighted by Crippen LogP contribution is -2.29. The number of aromatic nitrogens is 2. The number of halogens is 1. The lowest BCUT2D eigenvalue weighted by molar-refractivity contribution is 0.146. The van der Waals surface area contributed by atoms with E-state index in [1.54, 1.807) is 7.11 Å². The van der Waals surface area contributed by atoms with Crippen LogP contribution in [0.4, 0.5) is 5.69 Å². The number of methoxy groups -OCH3 is 1. The maximum absolute atomic E-state index is 6.65. The van der Waals surface area contributed by atoms with Crippen LogP contribution in [0, 0.1) is 13.8 Å². The predicted molar refractivity (Wildman–Crippen MR) is 152 cm³/mol. The number of aryl methyl sites for hydroxylation is 1. The van der Waals surface area contributed by atoms with Gasteiger partial charge in [0.05, 0.1) is 29.4 Å². The quantitative estimate of drug-likeness (QED) is 0.211. The highest BCUT2D eigenvalue weighted by atomic mass is 35.5. The van der Waals surface area contributed by atoms with Gasteiger partial charge in [0.1, 0.15) is 12.4 Å². The first-order chi connectivity index (χ1) is 18.0. The zero-order valence-electron chi connectivity index (χ0n) is 21.0. The van der Waals surface area contributed by atoms with Crippen LogP contribution in [-0.2, 0) is 4.74 Å². The summed E-state index contributed by atoms with van der Waals surface area (Å²) in [5, 5.41) is 4.67. The average Bonchev–Trinajstić information content (AvgIpc) is 3.41. The summed E-state index contributed by atoms with van der Waals surface area (Å²) in [5.41, 5.74) is 6.40. The first-order valence-corrected chi connectivity index (χ1v) is 12.9. The summed E-state index contributed by atoms with van der Waals surface area (Å²) < 4.78 is 13.1. The van der Waals surface area contributed by atoms with Crippen LogP contribution >= 0.6 is 23.8 Å². The number of benzene rings is 2. The first kappa shape index (κ1) is 25.3. The highest BCUT2D eigenvalue weighted by Crippen LogP contribution is 2.44. The van der Waals surface area contributed by atoms with Crippen molar-refractivity contribution < 1.29 is 9.47 Å². The van der Waals surface area contributed by atoms with Gasteiger partial charge in [0, 0.05) is 36.1 Å². The maximum Gasteiger partial charge on any atom is 0.174 e. The summed E-state index contributed by atoms with van der Waals surface area (Å²) in [6.07, 6.45) is 1.82. The molecular formula is C29H29ClN4O2S. The molecule has 6 nitrogen and oxygen atoms in total. The van der Waals surface area contributed by atoms with E-state index in [-0.39, 0.29) is 12.1 Å². The maximum atomic E-state index is 6.65. The molecule has 0 saturated carbocycles. The number of para-hydroxylation sites is 1. The molecule has 0 radical (unpaired) electrons. The fourth-order valence-corrected chi connectivity index (χ4v) is 5.58. The van der Waals surface area contributed by atoms with Crippen LogP contribution < -0.4 is 15.0 Å². The second-order valence-corrected chi connectivity index (χ2v) is 9.74. The van der Waals surface area contributed by atoms with Gasteiger partial charge in [-0.05, 0) is 80.2 Å². The minimum atomic E-state index is -0.144. The smallest absolute Gasteiger partial charge is 0.174 e. The van der Waals surface area contributed by atoms with Crippen LogP contribution in [0.1, 0.15) is 34.7 Å². The van der Waals surface area contributed by atoms with Gasteiger partial charge in [-0.25, -0.2) is 0 Å². The molecule has 0 aliphatic carbocycles. The zero-order chi connectivity index (χ0) is 25.9. The number of ether oxygens (including phenoxy) is 2. The Labute approximate surface area is 227 Å². The normalized spacial score (nSPS) is 17.2. The van der Waals surface area contributed by atoms with E-state index in [0.29, 0.717) is 29.1 Å². The van der Waals surface area contributed by atoms with Gasteiger partial charge in [0.15, 0.2) is 5.11 Å². The molecule has 3 heterocycles. The molecule has 37 heavy (non-hydrogen) atoms. The molecule has 1 fully saturated rings. The van der Waals surface area contributed by atoms with E-state index in [9.17, 15) is 0 Å². The largest absolute Gasteiger partial charge is 0.490 e. The Morgan fingerprint density at radius 3 is 2.46 bits per heavy atom. The standard InChI is InChI=1S/C29H29ClN4O2S/c1-19-17-23(20(2)33(19)21-9-5-4-6-10-21)28-27(25-11-7-8-14-31-25)32-29(37)34(28)22-12-13-26(24(30)18-22)36-16-15-35-3/h4-14,17-18,27-28H,15-16H2,1-3H3,(H,32,37)/t27-,28+/m1/s1. The van der Waals surface area contributed by atoms with Crippen molar-refractivity contribution >= 4 is 34.6 Å². The van der Waals surface area contributed by atoms with Gasteiger partial charge in [0.25, 0.3) is 0 Å². The third-order valence-corrected chi connectivity index (χ3v) is 7.25. The number of hydrogen-bond acceptors (Lipinski definition) is 4.